The molecule has 0 amide bonds. The lowest BCUT2D eigenvalue weighted by atomic mass is 10.3. The highest BCUT2D eigenvalue weighted by Gasteiger charge is 2.36. The number of fused-ring (bicyclic) bond motifs is 1. The second kappa shape index (κ2) is 4.14. The molecule has 4 rings (SSSR count). The third-order valence-corrected chi connectivity index (χ3v) is 3.65. The van der Waals surface area contributed by atoms with Crippen LogP contribution in [0.5, 0.6) is 0 Å². The molecule has 1 saturated heterocycles. The summed E-state index contributed by atoms with van der Waals surface area (Å²) in [6.07, 6.45) is 5.84. The fourth-order valence-corrected chi connectivity index (χ4v) is 2.46. The van der Waals surface area contributed by atoms with Gasteiger partial charge in [-0.15, -0.1) is 0 Å². The fraction of sp³-hybridized carbons (Fsp3) is 0.583. The van der Waals surface area contributed by atoms with E-state index in [2.05, 4.69) is 20.3 Å². The van der Waals surface area contributed by atoms with Crippen molar-refractivity contribution in [3.63, 3.8) is 0 Å². The highest BCUT2D eigenvalue weighted by Crippen LogP contribution is 2.30. The van der Waals surface area contributed by atoms with Crippen LogP contribution in [0, 0.1) is 0 Å². The van der Waals surface area contributed by atoms with Crippen LogP contribution in [0.2, 0.25) is 0 Å². The Morgan fingerprint density at radius 2 is 2.26 bits per heavy atom. The number of anilines is 1. The van der Waals surface area contributed by atoms with Crippen LogP contribution >= 0.6 is 0 Å². The molecule has 7 heteroatoms. The summed E-state index contributed by atoms with van der Waals surface area (Å²) in [7, 11) is 0. The summed E-state index contributed by atoms with van der Waals surface area (Å²) in [5.74, 6) is 0.684. The number of nitrogens with one attached hydrogen (secondary N) is 1. The second-order valence-corrected chi connectivity index (χ2v) is 5.07. The van der Waals surface area contributed by atoms with Crippen LogP contribution in [0.4, 0.5) is 5.82 Å². The molecule has 0 radical (unpaired) electrons. The van der Waals surface area contributed by atoms with Crippen molar-refractivity contribution >= 4 is 17.0 Å². The Labute approximate surface area is 109 Å². The zero-order chi connectivity index (χ0) is 12.8. The Bertz CT molecular complexity index is 607. The minimum Gasteiger partial charge on any atom is -0.391 e. The lowest BCUT2D eigenvalue weighted by molar-refractivity contribution is 0.0593. The molecule has 19 heavy (non-hydrogen) atoms. The average molecular weight is 261 g/mol. The largest absolute Gasteiger partial charge is 0.391 e. The molecular weight excluding hydrogens is 246 g/mol. The van der Waals surface area contributed by atoms with Gasteiger partial charge in [-0.1, -0.05) is 0 Å². The lowest BCUT2D eigenvalue weighted by Crippen LogP contribution is -2.10. The molecule has 2 N–H and O–H groups in total. The van der Waals surface area contributed by atoms with E-state index in [9.17, 15) is 5.11 Å². The molecule has 2 fully saturated rings. The Hall–Kier alpha value is -1.73. The topological polar surface area (TPSA) is 85.1 Å². The van der Waals surface area contributed by atoms with Crippen molar-refractivity contribution in [3.8, 4) is 0 Å². The molecule has 1 saturated carbocycles. The Morgan fingerprint density at radius 1 is 1.37 bits per heavy atom. The van der Waals surface area contributed by atoms with Crippen LogP contribution in [-0.4, -0.2) is 43.4 Å². The van der Waals surface area contributed by atoms with Crippen LogP contribution in [0.3, 0.4) is 0 Å². The zero-order valence-corrected chi connectivity index (χ0v) is 10.4. The van der Waals surface area contributed by atoms with Crippen molar-refractivity contribution in [1.82, 2.24) is 19.5 Å². The summed E-state index contributed by atoms with van der Waals surface area (Å²) in [5, 5.41) is 12.6. The number of nitrogens with zero attached hydrogens (tertiary/aromatic N) is 4. The van der Waals surface area contributed by atoms with Crippen molar-refractivity contribution in [3.05, 3.63) is 12.7 Å². The van der Waals surface area contributed by atoms with E-state index in [1.807, 2.05) is 4.57 Å². The van der Waals surface area contributed by atoms with Crippen LogP contribution in [-0.2, 0) is 4.74 Å². The van der Waals surface area contributed by atoms with Crippen LogP contribution in [0.25, 0.3) is 11.2 Å². The van der Waals surface area contributed by atoms with E-state index < -0.39 is 0 Å². The normalized spacial score (nSPS) is 29.8. The van der Waals surface area contributed by atoms with E-state index >= 15 is 0 Å². The summed E-state index contributed by atoms with van der Waals surface area (Å²) in [6, 6.07) is 0.0889. The Morgan fingerprint density at radius 3 is 3.00 bits per heavy atom. The van der Waals surface area contributed by atoms with Crippen LogP contribution in [0.1, 0.15) is 25.5 Å². The molecular formula is C12H15N5O2. The molecule has 2 aliphatic rings. The van der Waals surface area contributed by atoms with Crippen molar-refractivity contribution < 1.29 is 9.84 Å². The van der Waals surface area contributed by atoms with Crippen molar-refractivity contribution in [2.24, 2.45) is 0 Å². The van der Waals surface area contributed by atoms with Gasteiger partial charge in [0, 0.05) is 6.61 Å². The third kappa shape index (κ3) is 1.85. The van der Waals surface area contributed by atoms with Crippen molar-refractivity contribution in [2.75, 3.05) is 11.9 Å². The maximum atomic E-state index is 9.39. The molecule has 2 aromatic rings. The number of hydrogen-bond donors (Lipinski definition) is 2. The molecule has 0 aromatic carbocycles. The number of rotatable bonds is 3. The second-order valence-electron chi connectivity index (χ2n) is 5.07. The number of aromatic nitrogens is 4. The average Bonchev–Trinajstić information content (AvgIpc) is 2.90. The van der Waals surface area contributed by atoms with E-state index in [0.29, 0.717) is 5.82 Å². The van der Waals surface area contributed by atoms with Gasteiger partial charge in [-0.3, -0.25) is 4.57 Å². The standard InChI is InChI=1S/C12H15N5O2/c18-8-4-7(8)16-11-10-12(14-5-13-11)17(6-15-10)9-2-1-3-19-9/h5-9,18H,1-4H2,(H,13,14,16). The van der Waals surface area contributed by atoms with Crippen LogP contribution in [0.15, 0.2) is 12.7 Å². The molecule has 0 spiro atoms. The maximum Gasteiger partial charge on any atom is 0.167 e. The molecule has 2 aromatic heterocycles. The van der Waals surface area contributed by atoms with E-state index in [1.54, 1.807) is 6.33 Å². The molecule has 3 atom stereocenters. The Balaban J connectivity index is 1.71. The minimum atomic E-state index is -0.273. The van der Waals surface area contributed by atoms with Crippen molar-refractivity contribution in [2.45, 2.75) is 37.6 Å². The molecule has 100 valence electrons. The van der Waals surface area contributed by atoms with Crippen molar-refractivity contribution in [1.29, 1.82) is 0 Å². The van der Waals surface area contributed by atoms with Gasteiger partial charge in [0.1, 0.15) is 12.6 Å². The smallest absolute Gasteiger partial charge is 0.167 e. The van der Waals surface area contributed by atoms with Crippen LogP contribution < -0.4 is 5.32 Å². The first kappa shape index (κ1) is 11.1. The number of aliphatic hydroxyl groups is 1. The van der Waals surface area contributed by atoms with Gasteiger partial charge in [0.2, 0.25) is 0 Å². The Kier molecular flexibility index (Phi) is 2.42. The van der Waals surface area contributed by atoms with Gasteiger partial charge in [0.15, 0.2) is 17.0 Å². The van der Waals surface area contributed by atoms with E-state index in [0.717, 1.165) is 37.0 Å². The number of imidazole rings is 1. The monoisotopic (exact) mass is 261 g/mol. The summed E-state index contributed by atoms with van der Waals surface area (Å²) < 4.78 is 7.61. The molecule has 1 aliphatic carbocycles. The molecule has 7 nitrogen and oxygen atoms in total. The highest BCUT2D eigenvalue weighted by molar-refractivity contribution is 5.83. The SMILES string of the molecule is OC1CC1Nc1ncnc2c1ncn2C1CCCO1. The van der Waals surface area contributed by atoms with E-state index in [1.165, 1.54) is 6.33 Å². The highest BCUT2D eigenvalue weighted by atomic mass is 16.5. The summed E-state index contributed by atoms with van der Waals surface area (Å²) in [4.78, 5) is 12.9. The van der Waals surface area contributed by atoms with E-state index in [-0.39, 0.29) is 18.4 Å². The fourth-order valence-electron chi connectivity index (χ4n) is 2.46. The zero-order valence-electron chi connectivity index (χ0n) is 10.4. The summed E-state index contributed by atoms with van der Waals surface area (Å²) >= 11 is 0. The first-order chi connectivity index (χ1) is 9.33. The van der Waals surface area contributed by atoms with Gasteiger partial charge in [-0.2, -0.15) is 0 Å². The quantitative estimate of drug-likeness (QED) is 0.845. The first-order valence-corrected chi connectivity index (χ1v) is 6.56. The van der Waals surface area contributed by atoms with Gasteiger partial charge in [0.25, 0.3) is 0 Å². The van der Waals surface area contributed by atoms with Gasteiger partial charge < -0.3 is 15.2 Å². The van der Waals surface area contributed by atoms with Gasteiger partial charge in [-0.25, -0.2) is 15.0 Å². The predicted molar refractivity (Wildman–Crippen MR) is 67.6 cm³/mol. The predicted octanol–water partition coefficient (Wildman–Crippen LogP) is 0.680. The molecule has 1 aliphatic heterocycles. The minimum absolute atomic E-state index is 0.0271. The third-order valence-electron chi connectivity index (χ3n) is 3.65. The van der Waals surface area contributed by atoms with Gasteiger partial charge >= 0.3 is 0 Å². The summed E-state index contributed by atoms with van der Waals surface area (Å²) in [6.45, 7) is 0.787. The first-order valence-electron chi connectivity index (χ1n) is 6.56. The number of aliphatic hydroxyl groups excluding tert-OH is 1. The summed E-state index contributed by atoms with van der Waals surface area (Å²) in [5.41, 5.74) is 1.51. The maximum absolute atomic E-state index is 9.39. The molecule has 3 heterocycles. The molecule has 0 bridgehead atoms. The number of hydrogen-bond acceptors (Lipinski definition) is 6. The molecule has 3 unspecified atom stereocenters. The van der Waals surface area contributed by atoms with Gasteiger partial charge in [0.05, 0.1) is 18.5 Å². The van der Waals surface area contributed by atoms with E-state index in [4.69, 9.17) is 4.74 Å². The van der Waals surface area contributed by atoms with Gasteiger partial charge in [-0.05, 0) is 19.3 Å². The number of ether oxygens (including phenoxy) is 1. The lowest BCUT2D eigenvalue weighted by Gasteiger charge is -2.11.